The van der Waals surface area contributed by atoms with Crippen molar-refractivity contribution < 1.29 is 18.0 Å². The quantitative estimate of drug-likeness (QED) is 0.908. The van der Waals surface area contributed by atoms with Crippen LogP contribution in [-0.2, 0) is 6.18 Å². The molecule has 0 aromatic carbocycles. The van der Waals surface area contributed by atoms with Crippen LogP contribution in [0.1, 0.15) is 34.8 Å². The van der Waals surface area contributed by atoms with E-state index in [-0.39, 0.29) is 5.69 Å². The summed E-state index contributed by atoms with van der Waals surface area (Å²) < 4.78 is 37.1. The number of carbonyl (C=O) groups is 1. The molecule has 2 aromatic rings. The molecule has 1 unspecified atom stereocenters. The van der Waals surface area contributed by atoms with Crippen molar-refractivity contribution in [3.05, 3.63) is 47.8 Å². The first kappa shape index (κ1) is 14.0. The van der Waals surface area contributed by atoms with Crippen molar-refractivity contribution in [3.63, 3.8) is 0 Å². The highest BCUT2D eigenvalue weighted by molar-refractivity contribution is 5.92. The van der Waals surface area contributed by atoms with Crippen molar-refractivity contribution in [1.82, 2.24) is 20.3 Å². The van der Waals surface area contributed by atoms with E-state index in [9.17, 15) is 18.0 Å². The number of hydrogen-bond acceptors (Lipinski definition) is 3. The predicted octanol–water partition coefficient (Wildman–Crippen LogP) is 2.31. The molecule has 0 aliphatic heterocycles. The van der Waals surface area contributed by atoms with Gasteiger partial charge < -0.3 is 10.3 Å². The van der Waals surface area contributed by atoms with Crippen molar-refractivity contribution in [3.8, 4) is 0 Å². The highest BCUT2D eigenvalue weighted by atomic mass is 19.4. The van der Waals surface area contributed by atoms with Gasteiger partial charge in [0.2, 0.25) is 0 Å². The van der Waals surface area contributed by atoms with Gasteiger partial charge in [-0.15, -0.1) is 0 Å². The Kier molecular flexibility index (Phi) is 3.73. The first-order chi connectivity index (χ1) is 9.38. The molecule has 0 saturated heterocycles. The van der Waals surface area contributed by atoms with Crippen LogP contribution in [-0.4, -0.2) is 20.9 Å². The van der Waals surface area contributed by atoms with E-state index in [2.05, 4.69) is 20.3 Å². The van der Waals surface area contributed by atoms with Gasteiger partial charge in [-0.1, -0.05) is 0 Å². The van der Waals surface area contributed by atoms with Gasteiger partial charge in [0.25, 0.3) is 5.91 Å². The molecule has 2 N–H and O–H groups in total. The second-order valence-electron chi connectivity index (χ2n) is 4.10. The third-order valence-electron chi connectivity index (χ3n) is 2.60. The van der Waals surface area contributed by atoms with Crippen molar-refractivity contribution in [2.24, 2.45) is 0 Å². The van der Waals surface area contributed by atoms with Crippen LogP contribution >= 0.6 is 0 Å². The standard InChI is InChI=1S/C12H11F3N4O/c1-7(10-16-4-5-17-10)19-11(20)9-3-2-8(6-18-9)12(13,14)15/h2-7H,1H3,(H,16,17)(H,19,20). The van der Waals surface area contributed by atoms with Gasteiger partial charge in [0.15, 0.2) is 0 Å². The molecule has 0 aliphatic rings. The van der Waals surface area contributed by atoms with Gasteiger partial charge in [0.1, 0.15) is 11.5 Å². The summed E-state index contributed by atoms with van der Waals surface area (Å²) in [5.41, 5.74) is -0.982. The lowest BCUT2D eigenvalue weighted by Crippen LogP contribution is -2.28. The average molecular weight is 284 g/mol. The Morgan fingerprint density at radius 3 is 2.60 bits per heavy atom. The van der Waals surface area contributed by atoms with E-state index < -0.39 is 23.7 Å². The Bertz CT molecular complexity index is 578. The minimum Gasteiger partial charge on any atom is -0.347 e. The fraction of sp³-hybridized carbons (Fsp3) is 0.250. The molecular formula is C12H11F3N4O. The molecule has 0 spiro atoms. The Morgan fingerprint density at radius 1 is 1.35 bits per heavy atom. The van der Waals surface area contributed by atoms with Crippen LogP contribution in [0.25, 0.3) is 0 Å². The van der Waals surface area contributed by atoms with Crippen molar-refractivity contribution in [1.29, 1.82) is 0 Å². The van der Waals surface area contributed by atoms with Crippen LogP contribution in [0, 0.1) is 0 Å². The minimum absolute atomic E-state index is 0.0867. The molecule has 2 heterocycles. The van der Waals surface area contributed by atoms with E-state index in [1.54, 1.807) is 13.1 Å². The topological polar surface area (TPSA) is 70.7 Å². The van der Waals surface area contributed by atoms with Gasteiger partial charge >= 0.3 is 6.18 Å². The summed E-state index contributed by atoms with van der Waals surface area (Å²) in [5.74, 6) is -0.0205. The summed E-state index contributed by atoms with van der Waals surface area (Å²) in [6.45, 7) is 1.70. The largest absolute Gasteiger partial charge is 0.417 e. The molecule has 0 saturated carbocycles. The molecular weight excluding hydrogens is 273 g/mol. The van der Waals surface area contributed by atoms with Gasteiger partial charge in [0, 0.05) is 18.6 Å². The number of halogens is 3. The molecule has 0 fully saturated rings. The normalized spacial score (nSPS) is 13.0. The average Bonchev–Trinajstić information content (AvgIpc) is 2.91. The predicted molar refractivity (Wildman–Crippen MR) is 63.7 cm³/mol. The van der Waals surface area contributed by atoms with Crippen molar-refractivity contribution >= 4 is 5.91 Å². The lowest BCUT2D eigenvalue weighted by atomic mass is 10.2. The van der Waals surface area contributed by atoms with Gasteiger partial charge in [-0.25, -0.2) is 4.98 Å². The van der Waals surface area contributed by atoms with Crippen LogP contribution in [0.15, 0.2) is 30.7 Å². The number of carbonyl (C=O) groups excluding carboxylic acids is 1. The number of rotatable bonds is 3. The molecule has 1 atom stereocenters. The molecule has 106 valence electrons. The number of aromatic amines is 1. The van der Waals surface area contributed by atoms with Crippen LogP contribution < -0.4 is 5.32 Å². The maximum atomic E-state index is 12.4. The van der Waals surface area contributed by atoms with E-state index in [1.165, 1.54) is 6.20 Å². The maximum absolute atomic E-state index is 12.4. The zero-order valence-electron chi connectivity index (χ0n) is 10.4. The Labute approximate surface area is 112 Å². The monoisotopic (exact) mass is 284 g/mol. The van der Waals surface area contributed by atoms with E-state index in [1.807, 2.05) is 0 Å². The van der Waals surface area contributed by atoms with Crippen molar-refractivity contribution in [2.45, 2.75) is 19.1 Å². The zero-order valence-corrected chi connectivity index (χ0v) is 10.4. The van der Waals surface area contributed by atoms with Crippen LogP contribution in [0.2, 0.25) is 0 Å². The molecule has 0 radical (unpaired) electrons. The van der Waals surface area contributed by atoms with E-state index >= 15 is 0 Å². The van der Waals surface area contributed by atoms with Gasteiger partial charge in [-0.3, -0.25) is 9.78 Å². The highest BCUT2D eigenvalue weighted by Gasteiger charge is 2.31. The van der Waals surface area contributed by atoms with Gasteiger partial charge in [-0.05, 0) is 19.1 Å². The summed E-state index contributed by atoms with van der Waals surface area (Å²) in [6, 6.07) is 1.45. The number of alkyl halides is 3. The van der Waals surface area contributed by atoms with E-state index in [0.717, 1.165) is 12.1 Å². The number of nitrogens with one attached hydrogen (secondary N) is 2. The number of imidazole rings is 1. The van der Waals surface area contributed by atoms with E-state index in [0.29, 0.717) is 12.0 Å². The lowest BCUT2D eigenvalue weighted by molar-refractivity contribution is -0.137. The number of amides is 1. The second kappa shape index (κ2) is 5.32. The Balaban J connectivity index is 2.06. The zero-order chi connectivity index (χ0) is 14.8. The van der Waals surface area contributed by atoms with Gasteiger partial charge in [0.05, 0.1) is 11.6 Å². The maximum Gasteiger partial charge on any atom is 0.417 e. The summed E-state index contributed by atoms with van der Waals surface area (Å²) in [5, 5.41) is 2.58. The first-order valence-electron chi connectivity index (χ1n) is 5.71. The number of pyridine rings is 1. The molecule has 5 nitrogen and oxygen atoms in total. The molecule has 20 heavy (non-hydrogen) atoms. The third-order valence-corrected chi connectivity index (χ3v) is 2.60. The number of aromatic nitrogens is 3. The summed E-state index contributed by atoms with van der Waals surface area (Å²) in [7, 11) is 0. The third kappa shape index (κ3) is 3.14. The summed E-state index contributed by atoms with van der Waals surface area (Å²) >= 11 is 0. The van der Waals surface area contributed by atoms with E-state index in [4.69, 9.17) is 0 Å². The van der Waals surface area contributed by atoms with Crippen LogP contribution in [0.3, 0.4) is 0 Å². The smallest absolute Gasteiger partial charge is 0.347 e. The SMILES string of the molecule is CC(NC(=O)c1ccc(C(F)(F)F)cn1)c1ncc[nH]1. The molecule has 2 aromatic heterocycles. The number of nitrogens with zero attached hydrogens (tertiary/aromatic N) is 2. The van der Waals surface area contributed by atoms with Crippen molar-refractivity contribution in [2.75, 3.05) is 0 Å². The Hall–Kier alpha value is -2.38. The fourth-order valence-corrected chi connectivity index (χ4v) is 1.55. The molecule has 1 amide bonds. The Morgan fingerprint density at radius 2 is 2.10 bits per heavy atom. The summed E-state index contributed by atoms with van der Waals surface area (Å²) in [6.07, 6.45) is -0.696. The van der Waals surface area contributed by atoms with Crippen LogP contribution in [0.4, 0.5) is 13.2 Å². The highest BCUT2D eigenvalue weighted by Crippen LogP contribution is 2.28. The summed E-state index contributed by atoms with van der Waals surface area (Å²) in [4.78, 5) is 22.1. The lowest BCUT2D eigenvalue weighted by Gasteiger charge is -2.11. The van der Waals surface area contributed by atoms with Crippen LogP contribution in [0.5, 0.6) is 0 Å². The molecule has 8 heteroatoms. The number of H-pyrrole nitrogens is 1. The molecule has 2 rings (SSSR count). The van der Waals surface area contributed by atoms with Gasteiger partial charge in [-0.2, -0.15) is 13.2 Å². The first-order valence-corrected chi connectivity index (χ1v) is 5.71. The second-order valence-corrected chi connectivity index (χ2v) is 4.10. The molecule has 0 bridgehead atoms. The number of hydrogen-bond donors (Lipinski definition) is 2. The molecule has 0 aliphatic carbocycles. The minimum atomic E-state index is -4.47. The fourth-order valence-electron chi connectivity index (χ4n) is 1.55.